The van der Waals surface area contributed by atoms with Crippen molar-refractivity contribution >= 4 is 23.1 Å². The number of carbonyl (C=O) groups excluding carboxylic acids is 1. The van der Waals surface area contributed by atoms with Crippen LogP contribution in [0.5, 0.6) is 0 Å². The highest BCUT2D eigenvalue weighted by Crippen LogP contribution is 2.22. The maximum absolute atomic E-state index is 13.5. The van der Waals surface area contributed by atoms with Crippen molar-refractivity contribution < 1.29 is 18.5 Å². The highest BCUT2D eigenvalue weighted by Gasteiger charge is 2.22. The smallest absolute Gasteiger partial charge is 0.300 e. The Morgan fingerprint density at radius 1 is 1.38 bits per heavy atom. The molecule has 0 spiro atoms. The number of halogens is 2. The molecule has 0 saturated carbocycles. The molecule has 0 bridgehead atoms. The van der Waals surface area contributed by atoms with Gasteiger partial charge in [0, 0.05) is 0 Å². The highest BCUT2D eigenvalue weighted by atomic mass is 19.2. The minimum atomic E-state index is -1.27. The molecule has 0 saturated heterocycles. The first-order valence-electron chi connectivity index (χ1n) is 5.55. The normalized spacial score (nSPS) is 10.2. The summed E-state index contributed by atoms with van der Waals surface area (Å²) >= 11 is 0. The number of pyridine rings is 1. The van der Waals surface area contributed by atoms with Crippen molar-refractivity contribution in [3.8, 4) is 0 Å². The van der Waals surface area contributed by atoms with Gasteiger partial charge in [-0.2, -0.15) is 0 Å². The standard InChI is InChI=1S/C12H8F2N4O3/c13-7-2-1-3-8(11(7)14)17-12(19)6-4-10(15)16-5-9(6)18(20)21/h1-5H,(H2,15,16)(H,17,19). The fourth-order valence-corrected chi connectivity index (χ4v) is 1.58. The van der Waals surface area contributed by atoms with E-state index in [0.29, 0.717) is 0 Å². The molecule has 1 heterocycles. The number of nitro groups is 1. The van der Waals surface area contributed by atoms with Gasteiger partial charge in [-0.15, -0.1) is 0 Å². The van der Waals surface area contributed by atoms with Gasteiger partial charge >= 0.3 is 0 Å². The summed E-state index contributed by atoms with van der Waals surface area (Å²) in [6.45, 7) is 0. The quantitative estimate of drug-likeness (QED) is 0.665. The molecule has 1 aromatic heterocycles. The van der Waals surface area contributed by atoms with Crippen molar-refractivity contribution in [2.75, 3.05) is 11.1 Å². The van der Waals surface area contributed by atoms with Crippen LogP contribution in [0.2, 0.25) is 0 Å². The third kappa shape index (κ3) is 2.91. The minimum Gasteiger partial charge on any atom is -0.384 e. The van der Waals surface area contributed by atoms with E-state index < -0.39 is 39.4 Å². The number of carbonyl (C=O) groups is 1. The van der Waals surface area contributed by atoms with E-state index in [9.17, 15) is 23.7 Å². The summed E-state index contributed by atoms with van der Waals surface area (Å²) in [5, 5.41) is 12.9. The molecule has 0 fully saturated rings. The number of nitrogens with two attached hydrogens (primary N) is 1. The number of benzene rings is 1. The summed E-state index contributed by atoms with van der Waals surface area (Å²) in [7, 11) is 0. The van der Waals surface area contributed by atoms with Gasteiger partial charge in [-0.05, 0) is 18.2 Å². The Labute approximate surface area is 116 Å². The van der Waals surface area contributed by atoms with Crippen molar-refractivity contribution in [2.45, 2.75) is 0 Å². The predicted octanol–water partition coefficient (Wildman–Crippen LogP) is 2.10. The van der Waals surface area contributed by atoms with Gasteiger partial charge in [0.2, 0.25) is 0 Å². The van der Waals surface area contributed by atoms with Crippen molar-refractivity contribution in [3.63, 3.8) is 0 Å². The lowest BCUT2D eigenvalue weighted by atomic mass is 10.2. The zero-order valence-corrected chi connectivity index (χ0v) is 10.3. The number of nitrogens with one attached hydrogen (secondary N) is 1. The molecule has 0 radical (unpaired) electrons. The third-order valence-electron chi connectivity index (χ3n) is 2.55. The van der Waals surface area contributed by atoms with Crippen molar-refractivity contribution in [2.24, 2.45) is 0 Å². The average Bonchev–Trinajstić information content (AvgIpc) is 2.43. The van der Waals surface area contributed by atoms with Crippen LogP contribution in [0.25, 0.3) is 0 Å². The van der Waals surface area contributed by atoms with Crippen LogP contribution < -0.4 is 11.1 Å². The van der Waals surface area contributed by atoms with E-state index in [2.05, 4.69) is 4.98 Å². The Kier molecular flexibility index (Phi) is 3.74. The van der Waals surface area contributed by atoms with Gasteiger partial charge in [0.1, 0.15) is 17.6 Å². The van der Waals surface area contributed by atoms with Gasteiger partial charge in [-0.25, -0.2) is 13.8 Å². The van der Waals surface area contributed by atoms with E-state index in [-0.39, 0.29) is 5.82 Å². The molecule has 0 atom stereocenters. The first-order valence-corrected chi connectivity index (χ1v) is 5.55. The Morgan fingerprint density at radius 2 is 2.10 bits per heavy atom. The number of aromatic nitrogens is 1. The van der Waals surface area contributed by atoms with Crippen LogP contribution in [0.15, 0.2) is 30.5 Å². The van der Waals surface area contributed by atoms with E-state index in [1.54, 1.807) is 0 Å². The van der Waals surface area contributed by atoms with Crippen LogP contribution in [0.4, 0.5) is 26.0 Å². The first-order chi connectivity index (χ1) is 9.90. The number of amides is 1. The second kappa shape index (κ2) is 5.49. The predicted molar refractivity (Wildman–Crippen MR) is 69.6 cm³/mol. The molecule has 108 valence electrons. The monoisotopic (exact) mass is 294 g/mol. The fourth-order valence-electron chi connectivity index (χ4n) is 1.58. The van der Waals surface area contributed by atoms with Gasteiger partial charge in [0.05, 0.1) is 10.6 Å². The lowest BCUT2D eigenvalue weighted by Gasteiger charge is -2.07. The van der Waals surface area contributed by atoms with Gasteiger partial charge in [-0.3, -0.25) is 14.9 Å². The molecule has 1 aromatic carbocycles. The van der Waals surface area contributed by atoms with E-state index in [1.807, 2.05) is 5.32 Å². The second-order valence-electron chi connectivity index (χ2n) is 3.94. The first kappa shape index (κ1) is 14.3. The van der Waals surface area contributed by atoms with Crippen molar-refractivity contribution in [1.82, 2.24) is 4.98 Å². The lowest BCUT2D eigenvalue weighted by molar-refractivity contribution is -0.385. The number of nitrogens with zero attached hydrogens (tertiary/aromatic N) is 2. The van der Waals surface area contributed by atoms with Crippen molar-refractivity contribution in [1.29, 1.82) is 0 Å². The van der Waals surface area contributed by atoms with Crippen LogP contribution in [0, 0.1) is 21.7 Å². The summed E-state index contributed by atoms with van der Waals surface area (Å²) in [6, 6.07) is 4.15. The Balaban J connectivity index is 2.39. The molecule has 9 heteroatoms. The molecule has 7 nitrogen and oxygen atoms in total. The van der Waals surface area contributed by atoms with Crippen molar-refractivity contribution in [3.05, 3.63) is 57.8 Å². The van der Waals surface area contributed by atoms with E-state index in [1.165, 1.54) is 6.07 Å². The van der Waals surface area contributed by atoms with Crippen LogP contribution in [-0.2, 0) is 0 Å². The van der Waals surface area contributed by atoms with Crippen LogP contribution >= 0.6 is 0 Å². The third-order valence-corrected chi connectivity index (χ3v) is 2.55. The molecular weight excluding hydrogens is 286 g/mol. The molecule has 0 aliphatic heterocycles. The molecule has 3 N–H and O–H groups in total. The zero-order chi connectivity index (χ0) is 15.6. The Hall–Kier alpha value is -3.10. The Bertz CT molecular complexity index is 736. The minimum absolute atomic E-state index is 0.120. The molecule has 21 heavy (non-hydrogen) atoms. The molecule has 1 amide bonds. The van der Waals surface area contributed by atoms with Crippen LogP contribution in [-0.4, -0.2) is 15.8 Å². The van der Waals surface area contributed by atoms with E-state index >= 15 is 0 Å². The number of nitrogen functional groups attached to an aromatic ring is 1. The molecular formula is C12H8F2N4O3. The Morgan fingerprint density at radius 3 is 2.76 bits per heavy atom. The lowest BCUT2D eigenvalue weighted by Crippen LogP contribution is -2.16. The maximum atomic E-state index is 13.5. The molecule has 2 rings (SSSR count). The van der Waals surface area contributed by atoms with Gasteiger partial charge in [0.15, 0.2) is 11.6 Å². The van der Waals surface area contributed by atoms with E-state index in [4.69, 9.17) is 5.73 Å². The van der Waals surface area contributed by atoms with Gasteiger partial charge in [0.25, 0.3) is 11.6 Å². The number of rotatable bonds is 3. The molecule has 0 aliphatic carbocycles. The number of anilines is 2. The molecule has 0 aliphatic rings. The number of hydrogen-bond acceptors (Lipinski definition) is 5. The molecule has 2 aromatic rings. The summed E-state index contributed by atoms with van der Waals surface area (Å²) in [4.78, 5) is 25.5. The van der Waals surface area contributed by atoms with E-state index in [0.717, 1.165) is 24.4 Å². The van der Waals surface area contributed by atoms with Gasteiger partial charge in [-0.1, -0.05) is 6.07 Å². The highest BCUT2D eigenvalue weighted by molar-refractivity contribution is 6.07. The summed E-state index contributed by atoms with van der Waals surface area (Å²) in [6.07, 6.45) is 0.812. The van der Waals surface area contributed by atoms with Crippen LogP contribution in [0.1, 0.15) is 10.4 Å². The topological polar surface area (TPSA) is 111 Å². The number of hydrogen-bond donors (Lipinski definition) is 2. The SMILES string of the molecule is Nc1cc(C(=O)Nc2cccc(F)c2F)c([N+](=O)[O-])cn1. The summed E-state index contributed by atoms with van der Waals surface area (Å²) < 4.78 is 26.5. The average molecular weight is 294 g/mol. The molecule has 0 unspecified atom stereocenters. The fraction of sp³-hybridized carbons (Fsp3) is 0. The second-order valence-corrected chi connectivity index (χ2v) is 3.94. The summed E-state index contributed by atoms with van der Waals surface area (Å²) in [5.41, 5.74) is 3.92. The van der Waals surface area contributed by atoms with Crippen LogP contribution in [0.3, 0.4) is 0 Å². The summed E-state index contributed by atoms with van der Waals surface area (Å²) in [5.74, 6) is -3.54. The largest absolute Gasteiger partial charge is 0.384 e. The maximum Gasteiger partial charge on any atom is 0.300 e. The zero-order valence-electron chi connectivity index (χ0n) is 10.3. The van der Waals surface area contributed by atoms with Gasteiger partial charge < -0.3 is 11.1 Å².